The van der Waals surface area contributed by atoms with E-state index in [9.17, 15) is 4.39 Å². The second-order valence-corrected chi connectivity index (χ2v) is 4.44. The lowest BCUT2D eigenvalue weighted by atomic mass is 10.3. The Labute approximate surface area is 92.1 Å². The topological polar surface area (TPSA) is 24.9 Å². The van der Waals surface area contributed by atoms with Crippen LogP contribution >= 0.6 is 11.3 Å². The van der Waals surface area contributed by atoms with Gasteiger partial charge in [-0.3, -0.25) is 0 Å². The van der Waals surface area contributed by atoms with Gasteiger partial charge in [0.15, 0.2) is 0 Å². The molecule has 0 bridgehead atoms. The zero-order valence-corrected chi connectivity index (χ0v) is 9.40. The van der Waals surface area contributed by atoms with E-state index < -0.39 is 0 Å². The summed E-state index contributed by atoms with van der Waals surface area (Å²) in [4.78, 5) is 4.38. The lowest BCUT2D eigenvalue weighted by Gasteiger charge is -1.96. The van der Waals surface area contributed by atoms with Crippen molar-refractivity contribution in [3.8, 4) is 0 Å². The fraction of sp³-hybridized carbons (Fsp3) is 0.364. The minimum atomic E-state index is -0.217. The van der Waals surface area contributed by atoms with Gasteiger partial charge >= 0.3 is 0 Å². The molecule has 0 radical (unpaired) electrons. The first-order valence-electron chi connectivity index (χ1n) is 5.05. The van der Waals surface area contributed by atoms with Crippen LogP contribution < -0.4 is 5.32 Å². The highest BCUT2D eigenvalue weighted by atomic mass is 32.1. The Hall–Kier alpha value is -1.00. The van der Waals surface area contributed by atoms with Gasteiger partial charge < -0.3 is 5.32 Å². The third-order valence-corrected chi connectivity index (χ3v) is 3.26. The van der Waals surface area contributed by atoms with Crippen LogP contribution in [0.4, 0.5) is 4.39 Å². The minimum Gasteiger partial charge on any atom is -0.317 e. The van der Waals surface area contributed by atoms with E-state index in [0.29, 0.717) is 0 Å². The van der Waals surface area contributed by atoms with Gasteiger partial charge in [-0.05, 0) is 18.7 Å². The maximum Gasteiger partial charge on any atom is 0.125 e. The molecule has 0 amide bonds. The predicted molar refractivity (Wildman–Crippen MR) is 61.8 cm³/mol. The molecule has 0 saturated carbocycles. The standard InChI is InChI=1S/C11H13FN2S/c1-2-13-6-5-11-14-9-7-8(12)3-4-10(9)15-11/h3-4,7,13H,2,5-6H2,1H3. The van der Waals surface area contributed by atoms with Crippen LogP contribution in [-0.4, -0.2) is 18.1 Å². The Kier molecular flexibility index (Phi) is 3.28. The highest BCUT2D eigenvalue weighted by Crippen LogP contribution is 2.22. The van der Waals surface area contributed by atoms with Crippen molar-refractivity contribution >= 4 is 21.6 Å². The van der Waals surface area contributed by atoms with Gasteiger partial charge in [-0.25, -0.2) is 9.37 Å². The smallest absolute Gasteiger partial charge is 0.125 e. The fourth-order valence-electron chi connectivity index (χ4n) is 1.43. The lowest BCUT2D eigenvalue weighted by Crippen LogP contribution is -2.15. The number of thiazole rings is 1. The molecule has 4 heteroatoms. The molecule has 80 valence electrons. The first-order valence-corrected chi connectivity index (χ1v) is 5.87. The van der Waals surface area contributed by atoms with Crippen molar-refractivity contribution in [3.05, 3.63) is 29.0 Å². The van der Waals surface area contributed by atoms with Crippen LogP contribution in [0, 0.1) is 5.82 Å². The first kappa shape index (κ1) is 10.5. The molecule has 2 rings (SSSR count). The Morgan fingerprint density at radius 2 is 2.33 bits per heavy atom. The van der Waals surface area contributed by atoms with Crippen LogP contribution in [0.2, 0.25) is 0 Å². The summed E-state index contributed by atoms with van der Waals surface area (Å²) in [6.45, 7) is 3.98. The molecule has 0 aliphatic heterocycles. The van der Waals surface area contributed by atoms with Crippen LogP contribution in [0.25, 0.3) is 10.2 Å². The summed E-state index contributed by atoms with van der Waals surface area (Å²) in [6, 6.07) is 4.76. The maximum atomic E-state index is 12.9. The number of hydrogen-bond donors (Lipinski definition) is 1. The molecular weight excluding hydrogens is 211 g/mol. The summed E-state index contributed by atoms with van der Waals surface area (Å²) in [5.74, 6) is -0.217. The van der Waals surface area contributed by atoms with Gasteiger partial charge in [0.2, 0.25) is 0 Å². The third-order valence-electron chi connectivity index (χ3n) is 2.16. The maximum absolute atomic E-state index is 12.9. The summed E-state index contributed by atoms with van der Waals surface area (Å²) in [5.41, 5.74) is 0.770. The summed E-state index contributed by atoms with van der Waals surface area (Å²) in [5, 5.41) is 4.31. The molecule has 0 unspecified atom stereocenters. The zero-order valence-electron chi connectivity index (χ0n) is 8.59. The predicted octanol–water partition coefficient (Wildman–Crippen LogP) is 2.59. The average Bonchev–Trinajstić information content (AvgIpc) is 2.60. The van der Waals surface area contributed by atoms with Crippen LogP contribution in [0.15, 0.2) is 18.2 Å². The van der Waals surface area contributed by atoms with Gasteiger partial charge in [0.1, 0.15) is 5.82 Å². The second kappa shape index (κ2) is 4.68. The number of likely N-dealkylation sites (N-methyl/N-ethyl adjacent to an activating group) is 1. The van der Waals surface area contributed by atoms with Crippen molar-refractivity contribution < 1.29 is 4.39 Å². The highest BCUT2D eigenvalue weighted by Gasteiger charge is 2.03. The molecule has 1 aromatic carbocycles. The summed E-state index contributed by atoms with van der Waals surface area (Å²) in [6.07, 6.45) is 0.912. The number of halogens is 1. The van der Waals surface area contributed by atoms with Gasteiger partial charge in [-0.15, -0.1) is 11.3 Å². The Balaban J connectivity index is 2.16. The Morgan fingerprint density at radius 3 is 3.13 bits per heavy atom. The number of nitrogens with zero attached hydrogens (tertiary/aromatic N) is 1. The van der Waals surface area contributed by atoms with E-state index in [4.69, 9.17) is 0 Å². The van der Waals surface area contributed by atoms with E-state index >= 15 is 0 Å². The molecule has 0 aliphatic rings. The Bertz CT molecular complexity index is 453. The molecule has 0 spiro atoms. The van der Waals surface area contributed by atoms with Gasteiger partial charge in [0.25, 0.3) is 0 Å². The molecule has 1 heterocycles. The van der Waals surface area contributed by atoms with Gasteiger partial charge in [0.05, 0.1) is 15.2 Å². The molecule has 2 nitrogen and oxygen atoms in total. The molecule has 2 aromatic rings. The van der Waals surface area contributed by atoms with E-state index in [1.165, 1.54) is 12.1 Å². The second-order valence-electron chi connectivity index (χ2n) is 3.32. The first-order chi connectivity index (χ1) is 7.29. The normalized spacial score (nSPS) is 11.1. The molecule has 0 aliphatic carbocycles. The molecule has 1 aromatic heterocycles. The largest absolute Gasteiger partial charge is 0.317 e. The number of benzene rings is 1. The van der Waals surface area contributed by atoms with E-state index in [1.807, 2.05) is 0 Å². The van der Waals surface area contributed by atoms with Crippen LogP contribution in [0.1, 0.15) is 11.9 Å². The van der Waals surface area contributed by atoms with Gasteiger partial charge in [-0.2, -0.15) is 0 Å². The van der Waals surface area contributed by atoms with Gasteiger partial charge in [-0.1, -0.05) is 6.92 Å². The van der Waals surface area contributed by atoms with E-state index in [1.54, 1.807) is 17.4 Å². The molecule has 15 heavy (non-hydrogen) atoms. The zero-order chi connectivity index (χ0) is 10.7. The number of fused-ring (bicyclic) bond motifs is 1. The summed E-state index contributed by atoms with van der Waals surface area (Å²) in [7, 11) is 0. The molecule has 0 fully saturated rings. The monoisotopic (exact) mass is 224 g/mol. The van der Waals surface area contributed by atoms with Gasteiger partial charge in [0, 0.05) is 19.0 Å². The van der Waals surface area contributed by atoms with Crippen molar-refractivity contribution in [2.75, 3.05) is 13.1 Å². The molecule has 0 saturated heterocycles. The summed E-state index contributed by atoms with van der Waals surface area (Å²) < 4.78 is 14.0. The van der Waals surface area contributed by atoms with E-state index in [2.05, 4.69) is 17.2 Å². The number of aromatic nitrogens is 1. The Morgan fingerprint density at radius 1 is 1.47 bits per heavy atom. The van der Waals surface area contributed by atoms with E-state index in [0.717, 1.165) is 34.7 Å². The van der Waals surface area contributed by atoms with E-state index in [-0.39, 0.29) is 5.82 Å². The fourth-order valence-corrected chi connectivity index (χ4v) is 2.37. The van der Waals surface area contributed by atoms with Crippen LogP contribution in [0.3, 0.4) is 0 Å². The molecule has 1 N–H and O–H groups in total. The van der Waals surface area contributed by atoms with Crippen molar-refractivity contribution in [2.24, 2.45) is 0 Å². The third kappa shape index (κ3) is 2.52. The quantitative estimate of drug-likeness (QED) is 0.807. The lowest BCUT2D eigenvalue weighted by molar-refractivity contribution is 0.629. The van der Waals surface area contributed by atoms with Crippen molar-refractivity contribution in [1.29, 1.82) is 0 Å². The number of rotatable bonds is 4. The van der Waals surface area contributed by atoms with Crippen LogP contribution in [0.5, 0.6) is 0 Å². The van der Waals surface area contributed by atoms with Crippen molar-refractivity contribution in [2.45, 2.75) is 13.3 Å². The number of nitrogens with one attached hydrogen (secondary N) is 1. The SMILES string of the molecule is CCNCCc1nc2cc(F)ccc2s1. The van der Waals surface area contributed by atoms with Crippen LogP contribution in [-0.2, 0) is 6.42 Å². The summed E-state index contributed by atoms with van der Waals surface area (Å²) >= 11 is 1.64. The minimum absolute atomic E-state index is 0.217. The van der Waals surface area contributed by atoms with Crippen molar-refractivity contribution in [3.63, 3.8) is 0 Å². The molecular formula is C11H13FN2S. The van der Waals surface area contributed by atoms with Crippen molar-refractivity contribution in [1.82, 2.24) is 10.3 Å². The average molecular weight is 224 g/mol. The number of hydrogen-bond acceptors (Lipinski definition) is 3. The highest BCUT2D eigenvalue weighted by molar-refractivity contribution is 7.18. The molecule has 0 atom stereocenters.